The first-order chi connectivity index (χ1) is 16.2. The number of hydrogen-bond donors (Lipinski definition) is 1. The Morgan fingerprint density at radius 3 is 2.42 bits per heavy atom. The van der Waals surface area contributed by atoms with Gasteiger partial charge in [-0.25, -0.2) is 0 Å². The Morgan fingerprint density at radius 1 is 0.939 bits per heavy atom. The summed E-state index contributed by atoms with van der Waals surface area (Å²) in [5.41, 5.74) is 0.584. The number of hydrogen-bond acceptors (Lipinski definition) is 4. The summed E-state index contributed by atoms with van der Waals surface area (Å²) >= 11 is 0. The summed E-state index contributed by atoms with van der Waals surface area (Å²) in [5.74, 6) is 1.51. The minimum atomic E-state index is -0.120. The van der Waals surface area contributed by atoms with Crippen LogP contribution in [0.25, 0.3) is 10.8 Å². The summed E-state index contributed by atoms with van der Waals surface area (Å²) in [6, 6.07) is 21.1. The van der Waals surface area contributed by atoms with Crippen LogP contribution in [-0.4, -0.2) is 49.6 Å². The SMILES string of the molecule is CCOc1ccc2ccccc2c1C(=O)NCC1CCN(C(=O)COc2ccccc2)CC1. The minimum absolute atomic E-state index is 0.00144. The van der Waals surface area contributed by atoms with E-state index in [4.69, 9.17) is 9.47 Å². The normalized spacial score (nSPS) is 14.2. The second-order valence-electron chi connectivity index (χ2n) is 8.23. The molecule has 0 spiro atoms. The Kier molecular flexibility index (Phi) is 7.45. The highest BCUT2D eigenvalue weighted by Gasteiger charge is 2.24. The van der Waals surface area contributed by atoms with Crippen LogP contribution in [0.5, 0.6) is 11.5 Å². The van der Waals surface area contributed by atoms with Crippen LogP contribution in [0.15, 0.2) is 66.7 Å². The number of piperidine rings is 1. The van der Waals surface area contributed by atoms with Gasteiger partial charge in [0.05, 0.1) is 12.2 Å². The molecule has 1 aliphatic rings. The van der Waals surface area contributed by atoms with Gasteiger partial charge in [0, 0.05) is 19.6 Å². The molecule has 0 unspecified atom stereocenters. The number of fused-ring (bicyclic) bond motifs is 1. The van der Waals surface area contributed by atoms with Crippen molar-refractivity contribution in [2.45, 2.75) is 19.8 Å². The van der Waals surface area contributed by atoms with Crippen LogP contribution < -0.4 is 14.8 Å². The third-order valence-electron chi connectivity index (χ3n) is 6.04. The Balaban J connectivity index is 1.30. The molecule has 3 aromatic carbocycles. The number of nitrogens with one attached hydrogen (secondary N) is 1. The van der Waals surface area contributed by atoms with Crippen LogP contribution in [0.4, 0.5) is 0 Å². The molecule has 172 valence electrons. The van der Waals surface area contributed by atoms with E-state index in [-0.39, 0.29) is 18.4 Å². The zero-order chi connectivity index (χ0) is 23.0. The molecule has 1 heterocycles. The van der Waals surface area contributed by atoms with Gasteiger partial charge in [0.15, 0.2) is 6.61 Å². The van der Waals surface area contributed by atoms with Crippen molar-refractivity contribution in [2.75, 3.05) is 32.8 Å². The van der Waals surface area contributed by atoms with Crippen LogP contribution in [0.2, 0.25) is 0 Å². The van der Waals surface area contributed by atoms with Gasteiger partial charge in [0.25, 0.3) is 11.8 Å². The number of likely N-dealkylation sites (tertiary alicyclic amines) is 1. The van der Waals surface area contributed by atoms with Gasteiger partial charge in [-0.15, -0.1) is 0 Å². The maximum absolute atomic E-state index is 13.1. The summed E-state index contributed by atoms with van der Waals surface area (Å²) in [5, 5.41) is 5.00. The molecule has 0 radical (unpaired) electrons. The first kappa shape index (κ1) is 22.6. The lowest BCUT2D eigenvalue weighted by atomic mass is 9.96. The molecule has 0 saturated carbocycles. The number of amides is 2. The topological polar surface area (TPSA) is 67.9 Å². The summed E-state index contributed by atoms with van der Waals surface area (Å²) in [6.07, 6.45) is 1.70. The van der Waals surface area contributed by atoms with Crippen molar-refractivity contribution in [1.82, 2.24) is 10.2 Å². The number of carbonyl (C=O) groups is 2. The van der Waals surface area contributed by atoms with Gasteiger partial charge in [-0.2, -0.15) is 0 Å². The molecule has 0 atom stereocenters. The van der Waals surface area contributed by atoms with Crippen LogP contribution in [0.3, 0.4) is 0 Å². The fourth-order valence-corrected chi connectivity index (χ4v) is 4.23. The van der Waals surface area contributed by atoms with E-state index in [0.29, 0.717) is 49.2 Å². The second-order valence-corrected chi connectivity index (χ2v) is 8.23. The van der Waals surface area contributed by atoms with E-state index < -0.39 is 0 Å². The van der Waals surface area contributed by atoms with E-state index in [1.54, 1.807) is 0 Å². The highest BCUT2D eigenvalue weighted by Crippen LogP contribution is 2.28. The fourth-order valence-electron chi connectivity index (χ4n) is 4.23. The second kappa shape index (κ2) is 10.9. The Morgan fingerprint density at radius 2 is 1.67 bits per heavy atom. The van der Waals surface area contributed by atoms with Crippen molar-refractivity contribution in [3.8, 4) is 11.5 Å². The van der Waals surface area contributed by atoms with E-state index >= 15 is 0 Å². The zero-order valence-corrected chi connectivity index (χ0v) is 19.0. The molecule has 0 aromatic heterocycles. The van der Waals surface area contributed by atoms with Crippen molar-refractivity contribution in [3.05, 3.63) is 72.3 Å². The Bertz CT molecular complexity index is 1090. The number of nitrogens with zero attached hydrogens (tertiary/aromatic N) is 1. The van der Waals surface area contributed by atoms with Crippen molar-refractivity contribution in [1.29, 1.82) is 0 Å². The van der Waals surface area contributed by atoms with E-state index in [1.165, 1.54) is 0 Å². The average molecular weight is 447 g/mol. The van der Waals surface area contributed by atoms with Crippen molar-refractivity contribution >= 4 is 22.6 Å². The molecule has 1 fully saturated rings. The predicted molar refractivity (Wildman–Crippen MR) is 129 cm³/mol. The van der Waals surface area contributed by atoms with Gasteiger partial charge < -0.3 is 19.7 Å². The number of para-hydroxylation sites is 1. The summed E-state index contributed by atoms with van der Waals surface area (Å²) in [7, 11) is 0. The highest BCUT2D eigenvalue weighted by atomic mass is 16.5. The fraction of sp³-hybridized carbons (Fsp3) is 0.333. The highest BCUT2D eigenvalue weighted by molar-refractivity contribution is 6.09. The van der Waals surface area contributed by atoms with E-state index in [1.807, 2.05) is 78.6 Å². The van der Waals surface area contributed by atoms with Gasteiger partial charge in [0.1, 0.15) is 11.5 Å². The molecular weight excluding hydrogens is 416 g/mol. The summed E-state index contributed by atoms with van der Waals surface area (Å²) in [4.78, 5) is 27.4. The molecule has 6 heteroatoms. The number of benzene rings is 3. The summed E-state index contributed by atoms with van der Waals surface area (Å²) in [6.45, 7) is 4.39. The van der Waals surface area contributed by atoms with Crippen molar-refractivity contribution in [2.24, 2.45) is 5.92 Å². The van der Waals surface area contributed by atoms with E-state index in [0.717, 1.165) is 23.6 Å². The van der Waals surface area contributed by atoms with Gasteiger partial charge in [0.2, 0.25) is 0 Å². The Hall–Kier alpha value is -3.54. The van der Waals surface area contributed by atoms with Crippen LogP contribution in [-0.2, 0) is 4.79 Å². The molecule has 1 saturated heterocycles. The van der Waals surface area contributed by atoms with Gasteiger partial charge in [-0.05, 0) is 54.7 Å². The predicted octanol–water partition coefficient (Wildman–Crippen LogP) is 4.29. The van der Waals surface area contributed by atoms with E-state index in [2.05, 4.69) is 5.32 Å². The molecule has 0 bridgehead atoms. The lowest BCUT2D eigenvalue weighted by molar-refractivity contribution is -0.134. The minimum Gasteiger partial charge on any atom is -0.493 e. The molecule has 3 aromatic rings. The number of carbonyl (C=O) groups excluding carboxylic acids is 2. The quantitative estimate of drug-likeness (QED) is 0.561. The molecule has 1 N–H and O–H groups in total. The van der Waals surface area contributed by atoms with Gasteiger partial charge >= 0.3 is 0 Å². The third kappa shape index (κ3) is 5.64. The first-order valence-electron chi connectivity index (χ1n) is 11.5. The molecular formula is C27H30N2O4. The van der Waals surface area contributed by atoms with Gasteiger partial charge in [-0.3, -0.25) is 9.59 Å². The lowest BCUT2D eigenvalue weighted by Gasteiger charge is -2.32. The molecule has 33 heavy (non-hydrogen) atoms. The number of ether oxygens (including phenoxy) is 2. The van der Waals surface area contributed by atoms with Crippen LogP contribution in [0, 0.1) is 5.92 Å². The van der Waals surface area contributed by atoms with Crippen LogP contribution >= 0.6 is 0 Å². The first-order valence-corrected chi connectivity index (χ1v) is 11.5. The standard InChI is InChI=1S/C27H30N2O4/c1-2-32-24-13-12-21-8-6-7-11-23(21)26(24)27(31)28-18-20-14-16-29(17-15-20)25(30)19-33-22-9-4-3-5-10-22/h3-13,20H,2,14-19H2,1H3,(H,28,31). The third-order valence-corrected chi connectivity index (χ3v) is 6.04. The summed E-state index contributed by atoms with van der Waals surface area (Å²) < 4.78 is 11.3. The molecule has 6 nitrogen and oxygen atoms in total. The number of rotatable bonds is 8. The molecule has 2 amide bonds. The van der Waals surface area contributed by atoms with Crippen LogP contribution in [0.1, 0.15) is 30.1 Å². The van der Waals surface area contributed by atoms with Crippen molar-refractivity contribution in [3.63, 3.8) is 0 Å². The average Bonchev–Trinajstić information content (AvgIpc) is 2.87. The zero-order valence-electron chi connectivity index (χ0n) is 19.0. The maximum atomic E-state index is 13.1. The monoisotopic (exact) mass is 446 g/mol. The van der Waals surface area contributed by atoms with Gasteiger partial charge in [-0.1, -0.05) is 48.5 Å². The molecule has 1 aliphatic heterocycles. The molecule has 4 rings (SSSR count). The largest absolute Gasteiger partial charge is 0.493 e. The van der Waals surface area contributed by atoms with Crippen molar-refractivity contribution < 1.29 is 19.1 Å². The molecule has 0 aliphatic carbocycles. The smallest absolute Gasteiger partial charge is 0.260 e. The lowest BCUT2D eigenvalue weighted by Crippen LogP contribution is -2.43. The van der Waals surface area contributed by atoms with E-state index in [9.17, 15) is 9.59 Å². The maximum Gasteiger partial charge on any atom is 0.260 e. The Labute approximate surface area is 194 Å².